The normalized spacial score (nSPS) is 23.0. The molecule has 128 valence electrons. The van der Waals surface area contributed by atoms with Gasteiger partial charge in [-0.2, -0.15) is 0 Å². The number of rotatable bonds is 3. The van der Waals surface area contributed by atoms with Crippen LogP contribution in [0.3, 0.4) is 0 Å². The number of ether oxygens (including phenoxy) is 1. The van der Waals surface area contributed by atoms with Crippen molar-refractivity contribution in [2.45, 2.75) is 22.6 Å². The van der Waals surface area contributed by atoms with Crippen LogP contribution >= 0.6 is 0 Å². The van der Waals surface area contributed by atoms with Gasteiger partial charge in [0.05, 0.1) is 12.0 Å². The number of hydrogen-bond acceptors (Lipinski definition) is 4. The van der Waals surface area contributed by atoms with Crippen molar-refractivity contribution in [1.82, 2.24) is 4.90 Å². The fourth-order valence-electron chi connectivity index (χ4n) is 2.68. The van der Waals surface area contributed by atoms with E-state index in [-0.39, 0.29) is 15.5 Å². The minimum Gasteiger partial charge on any atom is -0.495 e. The molecular formula is C18H20FNO3S. The highest BCUT2D eigenvalue weighted by Gasteiger charge is 2.25. The second-order valence-corrected chi connectivity index (χ2v) is 7.62. The molecule has 1 aliphatic heterocycles. The van der Waals surface area contributed by atoms with Crippen LogP contribution in [0.1, 0.15) is 13.9 Å². The van der Waals surface area contributed by atoms with Crippen LogP contribution in [-0.2, 0) is 22.7 Å². The average molecular weight is 351 g/mol. The smallest absolute Gasteiger partial charge is 0.210 e. The third-order valence-corrected chi connectivity index (χ3v) is 5.87. The second-order valence-electron chi connectivity index (χ2n) is 5.71. The molecule has 0 bridgehead atoms. The molecular weight excluding hydrogens is 329 g/mol. The average Bonchev–Trinajstić information content (AvgIpc) is 2.73. The largest absolute Gasteiger partial charge is 0.495 e. The zero-order valence-corrected chi connectivity index (χ0v) is 14.3. The third kappa shape index (κ3) is 3.16. The maximum atomic E-state index is 13.1. The predicted octanol–water partition coefficient (Wildman–Crippen LogP) is 2.70. The number of methoxy groups -OCH3 is 1. The molecule has 2 atom stereocenters. The van der Waals surface area contributed by atoms with Crippen LogP contribution in [0.2, 0.25) is 0 Å². The Hall–Kier alpha value is -1.92. The minimum absolute atomic E-state index is 0.0105. The molecule has 0 aliphatic carbocycles. The summed E-state index contributed by atoms with van der Waals surface area (Å²) in [5, 5.41) is 0. The van der Waals surface area contributed by atoms with Crippen LogP contribution in [-0.4, -0.2) is 40.5 Å². The van der Waals surface area contributed by atoms with E-state index in [1.54, 1.807) is 18.0 Å². The summed E-state index contributed by atoms with van der Waals surface area (Å²) in [6.07, 6.45) is -0.291. The van der Waals surface area contributed by atoms with E-state index in [1.807, 2.05) is 0 Å². The fourth-order valence-corrected chi connectivity index (χ4v) is 4.13. The van der Waals surface area contributed by atoms with Crippen molar-refractivity contribution in [3.05, 3.63) is 53.3 Å². The van der Waals surface area contributed by atoms with Crippen LogP contribution in [0, 0.1) is 5.82 Å². The van der Waals surface area contributed by atoms with Crippen molar-refractivity contribution in [3.8, 4) is 5.75 Å². The first-order valence-corrected chi connectivity index (χ1v) is 9.00. The van der Waals surface area contributed by atoms with E-state index in [0.29, 0.717) is 24.1 Å². The summed E-state index contributed by atoms with van der Waals surface area (Å²) in [6, 6.07) is 7.71. The zero-order valence-electron chi connectivity index (χ0n) is 15.5. The van der Waals surface area contributed by atoms with Gasteiger partial charge < -0.3 is 9.64 Å². The van der Waals surface area contributed by atoms with Crippen molar-refractivity contribution < 1.29 is 20.3 Å². The van der Waals surface area contributed by atoms with E-state index >= 15 is 0 Å². The summed E-state index contributed by atoms with van der Waals surface area (Å²) in [6.45, 7) is -0.181. The number of halogens is 1. The second kappa shape index (κ2) is 6.53. The van der Waals surface area contributed by atoms with Crippen molar-refractivity contribution in [2.24, 2.45) is 0 Å². The fraction of sp³-hybridized carbons (Fsp3) is 0.333. The Morgan fingerprint density at radius 3 is 2.58 bits per heavy atom. The minimum atomic E-state index is -3.90. The Bertz CT molecular complexity index is 919. The van der Waals surface area contributed by atoms with Gasteiger partial charge in [0.15, 0.2) is 0 Å². The number of likely N-dealkylation sites (N-methyl/N-ethyl adjacent to an activating group) is 1. The molecule has 3 rings (SSSR count). The molecule has 0 radical (unpaired) electrons. The Morgan fingerprint density at radius 2 is 1.92 bits per heavy atom. The highest BCUT2D eigenvalue weighted by Crippen LogP contribution is 2.33. The van der Waals surface area contributed by atoms with Crippen LogP contribution in [0.4, 0.5) is 4.39 Å². The van der Waals surface area contributed by atoms with E-state index in [1.165, 1.54) is 25.3 Å². The molecule has 24 heavy (non-hydrogen) atoms. The lowest BCUT2D eigenvalue weighted by Crippen LogP contribution is -2.20. The predicted molar refractivity (Wildman–Crippen MR) is 89.8 cm³/mol. The van der Waals surface area contributed by atoms with Crippen molar-refractivity contribution in [1.29, 1.82) is 0 Å². The molecule has 2 unspecified atom stereocenters. The number of sulfone groups is 1. The van der Waals surface area contributed by atoms with E-state index < -0.39 is 28.6 Å². The van der Waals surface area contributed by atoms with Crippen LogP contribution in [0.15, 0.2) is 46.2 Å². The molecule has 2 aromatic rings. The lowest BCUT2D eigenvalue weighted by atomic mass is 10.0. The summed E-state index contributed by atoms with van der Waals surface area (Å²) in [5.74, 6) is -0.388. The maximum Gasteiger partial charge on any atom is 0.210 e. The maximum absolute atomic E-state index is 13.1. The van der Waals surface area contributed by atoms with Gasteiger partial charge in [-0.15, -0.1) is 0 Å². The molecule has 0 aromatic heterocycles. The van der Waals surface area contributed by atoms with E-state index in [9.17, 15) is 12.8 Å². The molecule has 0 spiro atoms. The van der Waals surface area contributed by atoms with E-state index in [2.05, 4.69) is 0 Å². The Labute approximate surface area is 144 Å². The Balaban J connectivity index is 2.16. The topological polar surface area (TPSA) is 46.6 Å². The van der Waals surface area contributed by atoms with Gasteiger partial charge in [-0.3, -0.25) is 0 Å². The van der Waals surface area contributed by atoms with Gasteiger partial charge in [0.25, 0.3) is 0 Å². The Kier molecular flexibility index (Phi) is 3.92. The third-order valence-electron chi connectivity index (χ3n) is 4.08. The number of benzene rings is 2. The van der Waals surface area contributed by atoms with Gasteiger partial charge in [0.1, 0.15) is 16.5 Å². The van der Waals surface area contributed by atoms with Gasteiger partial charge in [0, 0.05) is 15.8 Å². The van der Waals surface area contributed by atoms with Gasteiger partial charge in [-0.1, -0.05) is 0 Å². The van der Waals surface area contributed by atoms with E-state index in [0.717, 1.165) is 12.1 Å². The lowest BCUT2D eigenvalue weighted by Gasteiger charge is -2.14. The highest BCUT2D eigenvalue weighted by molar-refractivity contribution is 7.91. The molecule has 2 aromatic carbocycles. The summed E-state index contributed by atoms with van der Waals surface area (Å²) in [7, 11) is -0.759. The van der Waals surface area contributed by atoms with Gasteiger partial charge in [0.2, 0.25) is 9.84 Å². The monoisotopic (exact) mass is 351 g/mol. The first-order chi connectivity index (χ1) is 12.3. The van der Waals surface area contributed by atoms with E-state index in [4.69, 9.17) is 7.48 Å². The number of aryl methyl sites for hydroxylation is 1. The number of nitrogens with zero attached hydrogens (tertiary/aromatic N) is 1. The van der Waals surface area contributed by atoms with Gasteiger partial charge in [-0.05, 0) is 67.4 Å². The first-order valence-electron chi connectivity index (χ1n) is 8.67. The summed E-state index contributed by atoms with van der Waals surface area (Å²) in [4.78, 5) is 1.73. The molecule has 4 nitrogen and oxygen atoms in total. The molecule has 6 heteroatoms. The van der Waals surface area contributed by atoms with Gasteiger partial charge in [-0.25, -0.2) is 12.8 Å². The molecule has 0 fully saturated rings. The highest BCUT2D eigenvalue weighted by atomic mass is 32.2. The van der Waals surface area contributed by atoms with Crippen LogP contribution < -0.4 is 4.74 Å². The Morgan fingerprint density at radius 1 is 1.21 bits per heavy atom. The first kappa shape index (κ1) is 14.4. The SMILES string of the molecule is [2H]C1c2cc(OC)c(S(=O)(=O)c3ccc(F)cc3)cc2CCN(C)C1[2H]. The standard InChI is InChI=1S/C18H20FNO3S/c1-20-9-7-13-11-17(23-2)18(12-14(13)8-10-20)24(21,22)16-5-3-15(19)4-6-16/h3-6,11-12H,7-10H2,1-2H3/i7D,9D. The number of hydrogen-bond donors (Lipinski definition) is 0. The molecule has 1 aliphatic rings. The van der Waals surface area contributed by atoms with Crippen molar-refractivity contribution in [3.63, 3.8) is 0 Å². The molecule has 0 amide bonds. The summed E-state index contributed by atoms with van der Waals surface area (Å²) < 4.78 is 60.9. The molecule has 1 heterocycles. The number of fused-ring (bicyclic) bond motifs is 1. The van der Waals surface area contributed by atoms with Crippen molar-refractivity contribution in [2.75, 3.05) is 27.2 Å². The van der Waals surface area contributed by atoms with Crippen LogP contribution in [0.5, 0.6) is 5.75 Å². The quantitative estimate of drug-likeness (QED) is 0.798. The summed E-state index contributed by atoms with van der Waals surface area (Å²) >= 11 is 0. The molecule has 0 saturated carbocycles. The molecule has 0 saturated heterocycles. The lowest BCUT2D eigenvalue weighted by molar-refractivity contribution is 0.352. The van der Waals surface area contributed by atoms with Crippen LogP contribution in [0.25, 0.3) is 0 Å². The van der Waals surface area contributed by atoms with Gasteiger partial charge >= 0.3 is 0 Å². The zero-order chi connectivity index (χ0) is 19.1. The molecule has 0 N–H and O–H groups in total. The van der Waals surface area contributed by atoms with Crippen molar-refractivity contribution >= 4 is 9.84 Å². The summed E-state index contributed by atoms with van der Waals surface area (Å²) in [5.41, 5.74) is 1.32.